The summed E-state index contributed by atoms with van der Waals surface area (Å²) in [5.74, 6) is 0. The van der Waals surface area contributed by atoms with E-state index in [-0.39, 0.29) is 4.90 Å². The van der Waals surface area contributed by atoms with Gasteiger partial charge in [-0.1, -0.05) is 22.8 Å². The van der Waals surface area contributed by atoms with Crippen LogP contribution < -0.4 is 0 Å². The van der Waals surface area contributed by atoms with Crippen LogP contribution in [0.3, 0.4) is 0 Å². The lowest BCUT2D eigenvalue weighted by atomic mass is 10.1. The predicted octanol–water partition coefficient (Wildman–Crippen LogP) is 2.48. The van der Waals surface area contributed by atoms with Gasteiger partial charge in [-0.05, 0) is 36.9 Å². The fourth-order valence-corrected chi connectivity index (χ4v) is 2.27. The molecule has 0 aromatic heterocycles. The Bertz CT molecular complexity index is 548. The molecule has 0 heterocycles. The number of aryl methyl sites for hydroxylation is 2. The standard InChI is InChI=1S/C10H13N3O3S/c1-8-4-5-10(17(14,15)16)9(7-8)3-2-6-12-13-11/h4-5,7H,2-3,6H2,1H3,(H,14,15,16). The summed E-state index contributed by atoms with van der Waals surface area (Å²) in [5.41, 5.74) is 9.57. The molecule has 0 aliphatic heterocycles. The minimum atomic E-state index is -4.20. The van der Waals surface area contributed by atoms with Gasteiger partial charge in [-0.2, -0.15) is 8.42 Å². The zero-order valence-electron chi connectivity index (χ0n) is 9.37. The SMILES string of the molecule is Cc1ccc(S(=O)(=O)O)c(CCCN=[N+]=[N-])c1. The van der Waals surface area contributed by atoms with E-state index in [0.717, 1.165) is 5.56 Å². The van der Waals surface area contributed by atoms with E-state index in [2.05, 4.69) is 10.0 Å². The first-order valence-electron chi connectivity index (χ1n) is 5.03. The van der Waals surface area contributed by atoms with Gasteiger partial charge in [0.25, 0.3) is 10.1 Å². The highest BCUT2D eigenvalue weighted by Crippen LogP contribution is 2.18. The van der Waals surface area contributed by atoms with Crippen LogP contribution in [0.5, 0.6) is 0 Å². The van der Waals surface area contributed by atoms with Crippen molar-refractivity contribution in [3.63, 3.8) is 0 Å². The Balaban J connectivity index is 2.96. The molecule has 0 bridgehead atoms. The molecule has 17 heavy (non-hydrogen) atoms. The molecule has 0 saturated heterocycles. The van der Waals surface area contributed by atoms with Gasteiger partial charge in [-0.25, -0.2) is 0 Å². The number of azide groups is 1. The van der Waals surface area contributed by atoms with Crippen molar-refractivity contribution in [2.75, 3.05) is 6.54 Å². The van der Waals surface area contributed by atoms with E-state index >= 15 is 0 Å². The number of hydrogen-bond donors (Lipinski definition) is 1. The second-order valence-corrected chi connectivity index (χ2v) is 5.03. The quantitative estimate of drug-likeness (QED) is 0.287. The number of rotatable bonds is 5. The van der Waals surface area contributed by atoms with Crippen LogP contribution in [0.15, 0.2) is 28.2 Å². The first kappa shape index (κ1) is 13.5. The lowest BCUT2D eigenvalue weighted by Gasteiger charge is -2.07. The molecule has 1 N–H and O–H groups in total. The molecule has 0 amide bonds. The van der Waals surface area contributed by atoms with Crippen molar-refractivity contribution in [1.29, 1.82) is 0 Å². The number of hydrogen-bond acceptors (Lipinski definition) is 3. The molecule has 0 radical (unpaired) electrons. The zero-order valence-corrected chi connectivity index (χ0v) is 10.2. The Morgan fingerprint density at radius 3 is 2.76 bits per heavy atom. The topological polar surface area (TPSA) is 103 Å². The van der Waals surface area contributed by atoms with E-state index in [1.807, 2.05) is 6.92 Å². The molecule has 0 atom stereocenters. The van der Waals surface area contributed by atoms with Gasteiger partial charge in [-0.15, -0.1) is 0 Å². The van der Waals surface area contributed by atoms with Crippen molar-refractivity contribution in [2.45, 2.75) is 24.7 Å². The smallest absolute Gasteiger partial charge is 0.282 e. The summed E-state index contributed by atoms with van der Waals surface area (Å²) < 4.78 is 31.3. The largest absolute Gasteiger partial charge is 0.294 e. The highest BCUT2D eigenvalue weighted by Gasteiger charge is 2.14. The maximum absolute atomic E-state index is 11.1. The molecule has 0 aliphatic rings. The maximum Gasteiger partial charge on any atom is 0.294 e. The van der Waals surface area contributed by atoms with Crippen LogP contribution in [0.4, 0.5) is 0 Å². The van der Waals surface area contributed by atoms with Crippen molar-refractivity contribution >= 4 is 10.1 Å². The summed E-state index contributed by atoms with van der Waals surface area (Å²) in [4.78, 5) is 2.53. The van der Waals surface area contributed by atoms with Gasteiger partial charge in [0.1, 0.15) is 0 Å². The van der Waals surface area contributed by atoms with E-state index in [0.29, 0.717) is 24.9 Å². The Morgan fingerprint density at radius 2 is 2.18 bits per heavy atom. The van der Waals surface area contributed by atoms with E-state index in [1.165, 1.54) is 6.07 Å². The first-order valence-corrected chi connectivity index (χ1v) is 6.47. The van der Waals surface area contributed by atoms with Crippen molar-refractivity contribution in [1.82, 2.24) is 0 Å². The van der Waals surface area contributed by atoms with Crippen LogP contribution in [0.25, 0.3) is 10.4 Å². The summed E-state index contributed by atoms with van der Waals surface area (Å²) in [6.45, 7) is 2.14. The molecular formula is C10H13N3O3S. The lowest BCUT2D eigenvalue weighted by Crippen LogP contribution is -2.04. The average molecular weight is 255 g/mol. The monoisotopic (exact) mass is 255 g/mol. The third-order valence-electron chi connectivity index (χ3n) is 2.26. The molecule has 0 spiro atoms. The summed E-state index contributed by atoms with van der Waals surface area (Å²) in [6.07, 6.45) is 0.978. The van der Waals surface area contributed by atoms with Crippen LogP contribution >= 0.6 is 0 Å². The third kappa shape index (κ3) is 4.07. The molecule has 92 valence electrons. The second kappa shape index (κ2) is 5.67. The molecule has 1 aromatic carbocycles. The van der Waals surface area contributed by atoms with Gasteiger partial charge in [-0.3, -0.25) is 4.55 Å². The van der Waals surface area contributed by atoms with Gasteiger partial charge in [0, 0.05) is 11.5 Å². The third-order valence-corrected chi connectivity index (χ3v) is 3.22. The minimum Gasteiger partial charge on any atom is -0.282 e. The van der Waals surface area contributed by atoms with E-state index < -0.39 is 10.1 Å². The van der Waals surface area contributed by atoms with Gasteiger partial charge < -0.3 is 0 Å². The summed E-state index contributed by atoms with van der Waals surface area (Å²) in [7, 11) is -4.20. The molecule has 7 heteroatoms. The average Bonchev–Trinajstić information content (AvgIpc) is 2.23. The predicted molar refractivity (Wildman–Crippen MR) is 63.3 cm³/mol. The lowest BCUT2D eigenvalue weighted by molar-refractivity contribution is 0.482. The summed E-state index contributed by atoms with van der Waals surface area (Å²) in [6, 6.07) is 4.72. The summed E-state index contributed by atoms with van der Waals surface area (Å²) >= 11 is 0. The van der Waals surface area contributed by atoms with Gasteiger partial charge in [0.2, 0.25) is 0 Å². The maximum atomic E-state index is 11.1. The van der Waals surface area contributed by atoms with Crippen LogP contribution in [-0.4, -0.2) is 19.5 Å². The minimum absolute atomic E-state index is 0.0796. The van der Waals surface area contributed by atoms with Gasteiger partial charge in [0.05, 0.1) is 4.90 Å². The molecule has 0 unspecified atom stereocenters. The molecule has 1 rings (SSSR count). The Labute approximate surface area is 99.7 Å². The molecule has 0 saturated carbocycles. The molecular weight excluding hydrogens is 242 g/mol. The molecule has 0 fully saturated rings. The van der Waals surface area contributed by atoms with Crippen LogP contribution in [0.1, 0.15) is 17.5 Å². The number of nitrogens with zero attached hydrogens (tertiary/aromatic N) is 3. The summed E-state index contributed by atoms with van der Waals surface area (Å²) in [5, 5.41) is 3.37. The highest BCUT2D eigenvalue weighted by atomic mass is 32.2. The van der Waals surface area contributed by atoms with Crippen molar-refractivity contribution in [2.24, 2.45) is 5.11 Å². The van der Waals surface area contributed by atoms with Crippen LogP contribution in [-0.2, 0) is 16.5 Å². The van der Waals surface area contributed by atoms with Crippen LogP contribution in [0.2, 0.25) is 0 Å². The highest BCUT2D eigenvalue weighted by molar-refractivity contribution is 7.85. The van der Waals surface area contributed by atoms with Crippen molar-refractivity contribution in [3.05, 3.63) is 39.8 Å². The van der Waals surface area contributed by atoms with Gasteiger partial charge >= 0.3 is 0 Å². The van der Waals surface area contributed by atoms with E-state index in [4.69, 9.17) is 10.1 Å². The molecule has 0 aliphatic carbocycles. The Kier molecular flexibility index (Phi) is 4.51. The van der Waals surface area contributed by atoms with Crippen molar-refractivity contribution < 1.29 is 13.0 Å². The van der Waals surface area contributed by atoms with Crippen molar-refractivity contribution in [3.8, 4) is 0 Å². The van der Waals surface area contributed by atoms with E-state index in [1.54, 1.807) is 12.1 Å². The normalized spacial score (nSPS) is 10.9. The van der Waals surface area contributed by atoms with E-state index in [9.17, 15) is 8.42 Å². The second-order valence-electron chi connectivity index (χ2n) is 3.64. The van der Waals surface area contributed by atoms with Crippen LogP contribution in [0, 0.1) is 6.92 Å². The fourth-order valence-electron chi connectivity index (χ4n) is 1.54. The molecule has 1 aromatic rings. The zero-order chi connectivity index (χ0) is 12.9. The fraction of sp³-hybridized carbons (Fsp3) is 0.400. The number of benzene rings is 1. The van der Waals surface area contributed by atoms with Gasteiger partial charge in [0.15, 0.2) is 0 Å². The first-order chi connectivity index (χ1) is 7.95. The Hall–Kier alpha value is -1.56. The molecule has 6 nitrogen and oxygen atoms in total. The Morgan fingerprint density at radius 1 is 1.47 bits per heavy atom.